The Labute approximate surface area is 170 Å². The van der Waals surface area contributed by atoms with Crippen LogP contribution in [0.25, 0.3) is 5.57 Å². The molecular weight excluding hydrogens is 340 g/mol. The first-order valence-electron chi connectivity index (χ1n) is 9.88. The number of rotatable bonds is 10. The van der Waals surface area contributed by atoms with E-state index in [9.17, 15) is 0 Å². The van der Waals surface area contributed by atoms with Gasteiger partial charge in [0.2, 0.25) is 0 Å². The molecule has 0 bridgehead atoms. The number of nitrogens with two attached hydrogens (primary N) is 1. The predicted octanol–water partition coefficient (Wildman–Crippen LogP) is 5.44. The van der Waals surface area contributed by atoms with Gasteiger partial charge in [0.1, 0.15) is 0 Å². The molecule has 2 aromatic carbocycles. The molecule has 0 aliphatic carbocycles. The third kappa shape index (κ3) is 6.63. The number of allylic oxidation sites excluding steroid dienone is 1. The average molecular weight is 375 g/mol. The summed E-state index contributed by atoms with van der Waals surface area (Å²) in [6.07, 6.45) is 1.76. The zero-order valence-corrected chi connectivity index (χ0v) is 17.6. The molecule has 0 spiro atoms. The van der Waals surface area contributed by atoms with Gasteiger partial charge in [-0.2, -0.15) is 0 Å². The van der Waals surface area contributed by atoms with Gasteiger partial charge < -0.3 is 11.1 Å². The molecule has 0 fully saturated rings. The fourth-order valence-corrected chi connectivity index (χ4v) is 3.04. The first-order valence-corrected chi connectivity index (χ1v) is 9.88. The highest BCUT2D eigenvalue weighted by atomic mass is 14.9. The Morgan fingerprint density at radius 1 is 0.786 bits per heavy atom. The van der Waals surface area contributed by atoms with E-state index in [0.717, 1.165) is 36.1 Å². The second-order valence-corrected chi connectivity index (χ2v) is 7.93. The molecule has 0 aromatic heterocycles. The molecule has 2 atom stereocenters. The molecule has 0 saturated carbocycles. The molecule has 2 unspecified atom stereocenters. The van der Waals surface area contributed by atoms with E-state index in [1.165, 1.54) is 22.3 Å². The lowest BCUT2D eigenvalue weighted by Crippen LogP contribution is -2.31. The maximum atomic E-state index is 6.09. The molecule has 2 rings (SSSR count). The molecule has 2 nitrogen and oxygen atoms in total. The molecule has 2 aromatic rings. The Balaban J connectivity index is 1.94. The highest BCUT2D eigenvalue weighted by Gasteiger charge is 2.11. The Bertz CT molecular complexity index is 813. The van der Waals surface area contributed by atoms with Crippen molar-refractivity contribution in [3.05, 3.63) is 102 Å². The summed E-state index contributed by atoms with van der Waals surface area (Å²) in [5.41, 5.74) is 14.3. The Morgan fingerprint density at radius 3 is 1.79 bits per heavy atom. The summed E-state index contributed by atoms with van der Waals surface area (Å²) < 4.78 is 0. The SMILES string of the molecule is C=C(C)c1ccc(CC(NCc2ccc(CC(N)C(=C)C)cc2)C(=C)C)cc1. The molecule has 0 saturated heterocycles. The van der Waals surface area contributed by atoms with Crippen LogP contribution in [0.3, 0.4) is 0 Å². The van der Waals surface area contributed by atoms with E-state index in [2.05, 4.69) is 80.5 Å². The molecule has 3 N–H and O–H groups in total. The minimum atomic E-state index is 0.0213. The molecule has 0 heterocycles. The van der Waals surface area contributed by atoms with Crippen LogP contribution in [0.5, 0.6) is 0 Å². The summed E-state index contributed by atoms with van der Waals surface area (Å²) in [5.74, 6) is 0. The van der Waals surface area contributed by atoms with Gasteiger partial charge in [0, 0.05) is 18.6 Å². The van der Waals surface area contributed by atoms with Crippen molar-refractivity contribution in [3.8, 4) is 0 Å². The second-order valence-electron chi connectivity index (χ2n) is 7.93. The van der Waals surface area contributed by atoms with Crippen molar-refractivity contribution in [2.24, 2.45) is 5.73 Å². The van der Waals surface area contributed by atoms with Crippen LogP contribution in [0.4, 0.5) is 0 Å². The highest BCUT2D eigenvalue weighted by molar-refractivity contribution is 5.61. The number of hydrogen-bond acceptors (Lipinski definition) is 2. The minimum Gasteiger partial charge on any atom is -0.324 e. The number of hydrogen-bond donors (Lipinski definition) is 2. The van der Waals surface area contributed by atoms with Gasteiger partial charge in [-0.3, -0.25) is 0 Å². The third-order valence-electron chi connectivity index (χ3n) is 5.15. The van der Waals surface area contributed by atoms with Gasteiger partial charge in [0.05, 0.1) is 0 Å². The third-order valence-corrected chi connectivity index (χ3v) is 5.15. The van der Waals surface area contributed by atoms with Gasteiger partial charge in [-0.15, -0.1) is 0 Å². The summed E-state index contributed by atoms with van der Waals surface area (Å²) in [6, 6.07) is 17.6. The molecule has 2 heteroatoms. The highest BCUT2D eigenvalue weighted by Crippen LogP contribution is 2.16. The van der Waals surface area contributed by atoms with Gasteiger partial charge in [-0.05, 0) is 55.9 Å². The summed E-state index contributed by atoms with van der Waals surface area (Å²) >= 11 is 0. The summed E-state index contributed by atoms with van der Waals surface area (Å²) in [7, 11) is 0. The van der Waals surface area contributed by atoms with E-state index >= 15 is 0 Å². The second kappa shape index (κ2) is 10.2. The molecule has 0 amide bonds. The lowest BCUT2D eigenvalue weighted by Gasteiger charge is -2.20. The average Bonchev–Trinajstić information content (AvgIpc) is 2.66. The van der Waals surface area contributed by atoms with Crippen LogP contribution >= 0.6 is 0 Å². The van der Waals surface area contributed by atoms with Crippen LogP contribution in [0.1, 0.15) is 43.0 Å². The van der Waals surface area contributed by atoms with Crippen LogP contribution < -0.4 is 11.1 Å². The molecule has 148 valence electrons. The Morgan fingerprint density at radius 2 is 1.29 bits per heavy atom. The van der Waals surface area contributed by atoms with E-state index in [4.69, 9.17) is 5.73 Å². The molecule has 28 heavy (non-hydrogen) atoms. The van der Waals surface area contributed by atoms with Gasteiger partial charge in [-0.25, -0.2) is 0 Å². The smallest absolute Gasteiger partial charge is 0.0317 e. The predicted molar refractivity (Wildman–Crippen MR) is 123 cm³/mol. The van der Waals surface area contributed by atoms with E-state index in [1.54, 1.807) is 0 Å². The molecule has 0 aliphatic rings. The first kappa shape index (κ1) is 21.9. The van der Waals surface area contributed by atoms with Gasteiger partial charge >= 0.3 is 0 Å². The van der Waals surface area contributed by atoms with Gasteiger partial charge in [0.15, 0.2) is 0 Å². The topological polar surface area (TPSA) is 38.0 Å². The zero-order valence-electron chi connectivity index (χ0n) is 17.6. The van der Waals surface area contributed by atoms with E-state index < -0.39 is 0 Å². The lowest BCUT2D eigenvalue weighted by atomic mass is 9.98. The standard InChI is InChI=1S/C26H34N2/c1-18(2)24-13-11-22(12-14-24)16-26(20(5)6)28-17-23-9-7-21(8-10-23)15-25(27)19(3)4/h7-14,25-26,28H,1,3,5,15-17,27H2,2,4,6H3. The van der Waals surface area contributed by atoms with Crippen molar-refractivity contribution in [1.29, 1.82) is 0 Å². The maximum absolute atomic E-state index is 6.09. The van der Waals surface area contributed by atoms with E-state index in [-0.39, 0.29) is 12.1 Å². The van der Waals surface area contributed by atoms with Gasteiger partial charge in [-0.1, -0.05) is 85.0 Å². The summed E-state index contributed by atoms with van der Waals surface area (Å²) in [4.78, 5) is 0. The van der Waals surface area contributed by atoms with E-state index in [0.29, 0.717) is 0 Å². The minimum absolute atomic E-state index is 0.0213. The quantitative estimate of drug-likeness (QED) is 0.543. The van der Waals surface area contributed by atoms with Crippen LogP contribution in [0, 0.1) is 0 Å². The Hall–Kier alpha value is -2.42. The van der Waals surface area contributed by atoms with Crippen molar-refractivity contribution in [2.45, 2.75) is 52.2 Å². The molecule has 0 radical (unpaired) electrons. The number of nitrogens with one attached hydrogen (secondary N) is 1. The van der Waals surface area contributed by atoms with Crippen molar-refractivity contribution in [1.82, 2.24) is 5.32 Å². The van der Waals surface area contributed by atoms with Crippen molar-refractivity contribution in [2.75, 3.05) is 0 Å². The van der Waals surface area contributed by atoms with Gasteiger partial charge in [0.25, 0.3) is 0 Å². The van der Waals surface area contributed by atoms with E-state index in [1.807, 2.05) is 13.8 Å². The van der Waals surface area contributed by atoms with Crippen LogP contribution in [0.2, 0.25) is 0 Å². The first-order chi connectivity index (χ1) is 13.3. The fourth-order valence-electron chi connectivity index (χ4n) is 3.04. The van der Waals surface area contributed by atoms with Crippen LogP contribution in [-0.2, 0) is 19.4 Å². The Kier molecular flexibility index (Phi) is 7.98. The van der Waals surface area contributed by atoms with Crippen LogP contribution in [-0.4, -0.2) is 12.1 Å². The monoisotopic (exact) mass is 374 g/mol. The summed E-state index contributed by atoms with van der Waals surface area (Å²) in [6.45, 7) is 19.0. The maximum Gasteiger partial charge on any atom is 0.0317 e. The van der Waals surface area contributed by atoms with Crippen molar-refractivity contribution < 1.29 is 0 Å². The molecule has 0 aliphatic heterocycles. The largest absolute Gasteiger partial charge is 0.324 e. The van der Waals surface area contributed by atoms with Crippen molar-refractivity contribution >= 4 is 5.57 Å². The fraction of sp³-hybridized carbons (Fsp3) is 0.308. The van der Waals surface area contributed by atoms with Crippen molar-refractivity contribution in [3.63, 3.8) is 0 Å². The summed E-state index contributed by atoms with van der Waals surface area (Å²) in [5, 5.41) is 3.64. The zero-order chi connectivity index (χ0) is 20.7. The van der Waals surface area contributed by atoms with Crippen LogP contribution in [0.15, 0.2) is 79.4 Å². The lowest BCUT2D eigenvalue weighted by molar-refractivity contribution is 0.567. The molecular formula is C26H34N2. The normalized spacial score (nSPS) is 13.0. The number of benzene rings is 2.